The van der Waals surface area contributed by atoms with Crippen LogP contribution < -0.4 is 5.63 Å². The first-order valence-electron chi connectivity index (χ1n) is 8.98. The van der Waals surface area contributed by atoms with Crippen LogP contribution in [0.4, 0.5) is 0 Å². The van der Waals surface area contributed by atoms with E-state index in [0.717, 1.165) is 19.3 Å². The molecule has 0 aliphatic heterocycles. The molecule has 3 aromatic carbocycles. The Hall–Kier alpha value is -3.07. The summed E-state index contributed by atoms with van der Waals surface area (Å²) in [5.41, 5.74) is 2.75. The molecule has 3 nitrogen and oxygen atoms in total. The molecule has 1 unspecified atom stereocenters. The van der Waals surface area contributed by atoms with Crippen LogP contribution in [0.5, 0.6) is 5.95 Å². The fourth-order valence-corrected chi connectivity index (χ4v) is 4.42. The van der Waals surface area contributed by atoms with E-state index in [-0.39, 0.29) is 11.9 Å². The van der Waals surface area contributed by atoms with E-state index in [2.05, 4.69) is 48.5 Å². The maximum Gasteiger partial charge on any atom is 0.338 e. The molecule has 1 aliphatic carbocycles. The van der Waals surface area contributed by atoms with Gasteiger partial charge in [0, 0.05) is 17.5 Å². The van der Waals surface area contributed by atoms with E-state index in [4.69, 9.17) is 4.42 Å². The lowest BCUT2D eigenvalue weighted by atomic mass is 9.76. The van der Waals surface area contributed by atoms with E-state index >= 15 is 0 Å². The first-order chi connectivity index (χ1) is 12.7. The van der Waals surface area contributed by atoms with Crippen molar-refractivity contribution >= 4 is 21.5 Å². The van der Waals surface area contributed by atoms with Crippen LogP contribution in [-0.2, 0) is 6.42 Å². The Labute approximate surface area is 150 Å². The average Bonchev–Trinajstić information content (AvgIpc) is 2.67. The molecule has 4 aromatic rings. The minimum absolute atomic E-state index is 0.0352. The minimum atomic E-state index is -0.522. The summed E-state index contributed by atoms with van der Waals surface area (Å²) in [5.74, 6) is -0.221. The summed E-state index contributed by atoms with van der Waals surface area (Å²) in [5, 5.41) is 15.2. The maximum atomic E-state index is 11.4. The van der Waals surface area contributed by atoms with Crippen LogP contribution in [0.25, 0.3) is 21.5 Å². The summed E-state index contributed by atoms with van der Waals surface area (Å²) in [4.78, 5) is 11.4. The molecule has 1 aliphatic rings. The number of hydrogen-bond donors (Lipinski definition) is 1. The van der Waals surface area contributed by atoms with Crippen LogP contribution >= 0.6 is 0 Å². The van der Waals surface area contributed by atoms with Crippen molar-refractivity contribution in [1.29, 1.82) is 0 Å². The van der Waals surface area contributed by atoms with Crippen LogP contribution in [0.3, 0.4) is 0 Å². The third-order valence-electron chi connectivity index (χ3n) is 5.56. The van der Waals surface area contributed by atoms with Gasteiger partial charge in [-0.25, -0.2) is 4.79 Å². The van der Waals surface area contributed by atoms with Gasteiger partial charge in [0.05, 0.1) is 0 Å². The van der Waals surface area contributed by atoms with Gasteiger partial charge in [0.15, 0.2) is 0 Å². The third-order valence-corrected chi connectivity index (χ3v) is 5.56. The highest BCUT2D eigenvalue weighted by Gasteiger charge is 2.27. The number of fused-ring (bicyclic) bond motifs is 5. The molecular formula is C23H18O3. The second-order valence-electron chi connectivity index (χ2n) is 6.98. The SMILES string of the molecule is O=c1ccc(C2CCCc3ccc4c(ccc5ccccc54)c32)c(O)o1. The van der Waals surface area contributed by atoms with Gasteiger partial charge in [-0.05, 0) is 58.0 Å². The first kappa shape index (κ1) is 15.2. The van der Waals surface area contributed by atoms with Crippen molar-refractivity contribution in [3.05, 3.63) is 87.8 Å². The summed E-state index contributed by atoms with van der Waals surface area (Å²) >= 11 is 0. The van der Waals surface area contributed by atoms with E-state index in [1.165, 1.54) is 38.7 Å². The molecular weight excluding hydrogens is 324 g/mol. The molecule has 0 radical (unpaired) electrons. The fourth-order valence-electron chi connectivity index (χ4n) is 4.42. The topological polar surface area (TPSA) is 50.4 Å². The second kappa shape index (κ2) is 5.73. The Balaban J connectivity index is 1.82. The van der Waals surface area contributed by atoms with Crippen molar-refractivity contribution in [1.82, 2.24) is 0 Å². The predicted octanol–water partition coefficient (Wildman–Crippen LogP) is 5.12. The van der Waals surface area contributed by atoms with E-state index in [9.17, 15) is 9.90 Å². The van der Waals surface area contributed by atoms with Gasteiger partial charge in [-0.3, -0.25) is 0 Å². The molecule has 1 aromatic heterocycles. The Morgan fingerprint density at radius 3 is 2.62 bits per heavy atom. The second-order valence-corrected chi connectivity index (χ2v) is 6.98. The van der Waals surface area contributed by atoms with E-state index in [1.54, 1.807) is 6.07 Å². The van der Waals surface area contributed by atoms with Crippen LogP contribution in [0.15, 0.2) is 69.9 Å². The molecule has 128 valence electrons. The van der Waals surface area contributed by atoms with Gasteiger partial charge in [-0.2, -0.15) is 0 Å². The van der Waals surface area contributed by atoms with Crippen molar-refractivity contribution in [2.24, 2.45) is 0 Å². The van der Waals surface area contributed by atoms with Gasteiger partial charge >= 0.3 is 5.63 Å². The van der Waals surface area contributed by atoms with Crippen molar-refractivity contribution in [2.75, 3.05) is 0 Å². The third kappa shape index (κ3) is 2.24. The molecule has 3 heteroatoms. The Morgan fingerprint density at radius 1 is 0.885 bits per heavy atom. The summed E-state index contributed by atoms with van der Waals surface area (Å²) in [6.07, 6.45) is 3.02. The number of aromatic hydroxyl groups is 1. The summed E-state index contributed by atoms with van der Waals surface area (Å²) in [6.45, 7) is 0. The van der Waals surface area contributed by atoms with Crippen molar-refractivity contribution in [3.8, 4) is 5.95 Å². The van der Waals surface area contributed by atoms with Crippen LogP contribution in [0.1, 0.15) is 35.4 Å². The lowest BCUT2D eigenvalue weighted by Crippen LogP contribution is -2.13. The van der Waals surface area contributed by atoms with Gasteiger partial charge in [-0.15, -0.1) is 0 Å². The Bertz CT molecular complexity index is 1200. The maximum absolute atomic E-state index is 11.4. The highest BCUT2D eigenvalue weighted by molar-refractivity contribution is 6.09. The van der Waals surface area contributed by atoms with Crippen LogP contribution in [0.2, 0.25) is 0 Å². The summed E-state index contributed by atoms with van der Waals surface area (Å²) < 4.78 is 4.96. The van der Waals surface area contributed by atoms with E-state index < -0.39 is 5.63 Å². The summed E-state index contributed by atoms with van der Waals surface area (Å²) in [7, 11) is 0. The first-order valence-corrected chi connectivity index (χ1v) is 8.98. The van der Waals surface area contributed by atoms with Gasteiger partial charge < -0.3 is 9.52 Å². The highest BCUT2D eigenvalue weighted by Crippen LogP contribution is 2.44. The van der Waals surface area contributed by atoms with Gasteiger partial charge in [0.1, 0.15) is 0 Å². The number of benzene rings is 3. The fraction of sp³-hybridized carbons (Fsp3) is 0.174. The van der Waals surface area contributed by atoms with E-state index in [1.807, 2.05) is 0 Å². The molecule has 26 heavy (non-hydrogen) atoms. The molecule has 0 saturated heterocycles. The van der Waals surface area contributed by atoms with Crippen LogP contribution in [0, 0.1) is 0 Å². The molecule has 0 fully saturated rings. The molecule has 0 saturated carbocycles. The molecule has 0 amide bonds. The monoisotopic (exact) mass is 342 g/mol. The molecule has 0 spiro atoms. The van der Waals surface area contributed by atoms with Crippen molar-refractivity contribution in [2.45, 2.75) is 25.2 Å². The van der Waals surface area contributed by atoms with Gasteiger partial charge in [0.25, 0.3) is 5.95 Å². The molecule has 1 N–H and O–H groups in total. The Kier molecular flexibility index (Phi) is 3.35. The zero-order valence-electron chi connectivity index (χ0n) is 14.2. The van der Waals surface area contributed by atoms with Crippen molar-refractivity contribution in [3.63, 3.8) is 0 Å². The lowest BCUT2D eigenvalue weighted by molar-refractivity contribution is 0.300. The largest absolute Gasteiger partial charge is 0.480 e. The molecule has 5 rings (SSSR count). The smallest absolute Gasteiger partial charge is 0.338 e. The van der Waals surface area contributed by atoms with Gasteiger partial charge in [-0.1, -0.05) is 48.5 Å². The van der Waals surface area contributed by atoms with E-state index in [0.29, 0.717) is 5.56 Å². The lowest BCUT2D eigenvalue weighted by Gasteiger charge is -2.27. The minimum Gasteiger partial charge on any atom is -0.480 e. The number of aryl methyl sites for hydroxylation is 1. The number of rotatable bonds is 1. The van der Waals surface area contributed by atoms with Gasteiger partial charge in [0.2, 0.25) is 0 Å². The van der Waals surface area contributed by atoms with Crippen molar-refractivity contribution < 1.29 is 9.52 Å². The Morgan fingerprint density at radius 2 is 1.73 bits per heavy atom. The zero-order chi connectivity index (χ0) is 17.7. The number of hydrogen-bond acceptors (Lipinski definition) is 3. The predicted molar refractivity (Wildman–Crippen MR) is 103 cm³/mol. The quantitative estimate of drug-likeness (QED) is 0.488. The summed E-state index contributed by atoms with van der Waals surface area (Å²) in [6, 6.07) is 20.3. The average molecular weight is 342 g/mol. The zero-order valence-corrected chi connectivity index (χ0v) is 14.2. The normalized spacial score (nSPS) is 16.7. The standard InChI is InChI=1S/C23H18O3/c24-21-13-12-20(23(25)26-21)18-7-3-5-15-9-10-17-16-6-2-1-4-14(16)8-11-19(17)22(15)18/h1-2,4,6,8-13,18,25H,3,5,7H2. The molecule has 1 heterocycles. The molecule has 1 atom stereocenters. The molecule has 0 bridgehead atoms. The highest BCUT2D eigenvalue weighted by atomic mass is 16.5. The van der Waals surface area contributed by atoms with Crippen LogP contribution in [-0.4, -0.2) is 5.11 Å².